The molecule has 0 saturated carbocycles. The van der Waals surface area contributed by atoms with Crippen molar-refractivity contribution in [2.75, 3.05) is 20.1 Å². The van der Waals surface area contributed by atoms with E-state index in [4.69, 9.17) is 0 Å². The lowest BCUT2D eigenvalue weighted by Crippen LogP contribution is -2.33. The van der Waals surface area contributed by atoms with E-state index in [1.807, 2.05) is 19.2 Å². The second kappa shape index (κ2) is 7.76. The molecule has 1 atom stereocenters. The van der Waals surface area contributed by atoms with Crippen molar-refractivity contribution >= 4 is 10.0 Å². The van der Waals surface area contributed by atoms with Gasteiger partial charge in [0, 0.05) is 6.54 Å². The van der Waals surface area contributed by atoms with Crippen LogP contribution in [0.1, 0.15) is 38.7 Å². The summed E-state index contributed by atoms with van der Waals surface area (Å²) in [5.74, 6) is 0.713. The Hall–Kier alpha value is -0.910. The Kier molecular flexibility index (Phi) is 6.65. The predicted octanol–water partition coefficient (Wildman–Crippen LogP) is 2.33. The average Bonchev–Trinajstić information content (AvgIpc) is 2.43. The zero-order chi connectivity index (χ0) is 15.2. The van der Waals surface area contributed by atoms with Gasteiger partial charge in [0.15, 0.2) is 0 Å². The molecule has 20 heavy (non-hydrogen) atoms. The lowest BCUT2D eigenvalue weighted by Gasteiger charge is -2.15. The summed E-state index contributed by atoms with van der Waals surface area (Å²) in [6.45, 7) is 7.52. The molecule has 2 N–H and O–H groups in total. The van der Waals surface area contributed by atoms with E-state index in [1.54, 1.807) is 12.1 Å². The first-order chi connectivity index (χ1) is 9.40. The molecule has 1 rings (SSSR count). The van der Waals surface area contributed by atoms with Crippen LogP contribution in [0.25, 0.3) is 0 Å². The Bertz CT molecular complexity index is 495. The molecule has 0 amide bonds. The summed E-state index contributed by atoms with van der Waals surface area (Å²) < 4.78 is 27.1. The van der Waals surface area contributed by atoms with E-state index >= 15 is 0 Å². The van der Waals surface area contributed by atoms with Gasteiger partial charge < -0.3 is 5.32 Å². The minimum Gasteiger partial charge on any atom is -0.319 e. The largest absolute Gasteiger partial charge is 0.319 e. The van der Waals surface area contributed by atoms with E-state index in [-0.39, 0.29) is 0 Å². The van der Waals surface area contributed by atoms with Crippen LogP contribution in [0, 0.1) is 5.92 Å². The van der Waals surface area contributed by atoms with Crippen LogP contribution in [0.3, 0.4) is 0 Å². The highest BCUT2D eigenvalue weighted by atomic mass is 32.2. The zero-order valence-electron chi connectivity index (χ0n) is 12.8. The maximum absolute atomic E-state index is 12.2. The van der Waals surface area contributed by atoms with Gasteiger partial charge in [0.05, 0.1) is 4.90 Å². The minimum absolute atomic E-state index is 0.310. The molecule has 0 bridgehead atoms. The number of hydrogen-bond donors (Lipinski definition) is 2. The van der Waals surface area contributed by atoms with Gasteiger partial charge in [0.1, 0.15) is 0 Å². The lowest BCUT2D eigenvalue weighted by atomic mass is 10.0. The lowest BCUT2D eigenvalue weighted by molar-refractivity contribution is 0.472. The van der Waals surface area contributed by atoms with Crippen LogP contribution >= 0.6 is 0 Å². The van der Waals surface area contributed by atoms with Gasteiger partial charge in [0.2, 0.25) is 10.0 Å². The van der Waals surface area contributed by atoms with Gasteiger partial charge in [-0.1, -0.05) is 39.3 Å². The molecular formula is C15H26N2O2S. The molecule has 1 aromatic rings. The van der Waals surface area contributed by atoms with Crippen LogP contribution in [0.5, 0.6) is 0 Å². The van der Waals surface area contributed by atoms with Crippen molar-refractivity contribution < 1.29 is 8.42 Å². The minimum atomic E-state index is -3.40. The van der Waals surface area contributed by atoms with Crippen LogP contribution < -0.4 is 10.0 Å². The van der Waals surface area contributed by atoms with Crippen LogP contribution in [0.2, 0.25) is 0 Å². The summed E-state index contributed by atoms with van der Waals surface area (Å²) in [5.41, 5.74) is 1.14. The molecule has 0 fully saturated rings. The quantitative estimate of drug-likeness (QED) is 0.774. The molecule has 0 aliphatic heterocycles. The van der Waals surface area contributed by atoms with Gasteiger partial charge in [-0.2, -0.15) is 0 Å². The Morgan fingerprint density at radius 2 is 1.70 bits per heavy atom. The Balaban J connectivity index is 2.73. The highest BCUT2D eigenvalue weighted by Gasteiger charge is 2.16. The molecule has 0 aliphatic carbocycles. The van der Waals surface area contributed by atoms with Crippen molar-refractivity contribution in [3.05, 3.63) is 29.8 Å². The summed E-state index contributed by atoms with van der Waals surface area (Å²) in [6.07, 6.45) is 0.940. The van der Waals surface area contributed by atoms with Crippen molar-refractivity contribution in [2.45, 2.75) is 38.0 Å². The third kappa shape index (κ3) is 4.89. The Labute approximate surface area is 123 Å². The van der Waals surface area contributed by atoms with Crippen molar-refractivity contribution in [2.24, 2.45) is 5.92 Å². The Morgan fingerprint density at radius 1 is 1.10 bits per heavy atom. The molecule has 0 aromatic heterocycles. The summed E-state index contributed by atoms with van der Waals surface area (Å²) in [4.78, 5) is 0.334. The number of rotatable bonds is 8. The number of benzene rings is 1. The van der Waals surface area contributed by atoms with E-state index in [0.717, 1.165) is 18.5 Å². The number of hydrogen-bond acceptors (Lipinski definition) is 3. The van der Waals surface area contributed by atoms with Crippen LogP contribution in [0.15, 0.2) is 29.2 Å². The standard InChI is InChI=1S/C15H26N2O2S/c1-5-13(10-16-4)11-17-20(18,19)15-8-6-14(7-9-15)12(2)3/h6-9,12-13,16-17H,5,10-11H2,1-4H3. The maximum Gasteiger partial charge on any atom is 0.240 e. The molecule has 5 heteroatoms. The number of sulfonamides is 1. The molecule has 0 spiro atoms. The van der Waals surface area contributed by atoms with E-state index < -0.39 is 10.0 Å². The fourth-order valence-corrected chi connectivity index (χ4v) is 3.11. The highest BCUT2D eigenvalue weighted by Crippen LogP contribution is 2.17. The first-order valence-electron chi connectivity index (χ1n) is 7.15. The average molecular weight is 298 g/mol. The predicted molar refractivity (Wildman–Crippen MR) is 83.4 cm³/mol. The third-order valence-electron chi connectivity index (χ3n) is 3.49. The summed E-state index contributed by atoms with van der Waals surface area (Å²) in [6, 6.07) is 7.11. The fourth-order valence-electron chi connectivity index (χ4n) is 1.99. The first kappa shape index (κ1) is 17.1. The third-order valence-corrected chi connectivity index (χ3v) is 4.93. The molecule has 114 valence electrons. The summed E-state index contributed by atoms with van der Waals surface area (Å²) >= 11 is 0. The van der Waals surface area contributed by atoms with E-state index in [1.165, 1.54) is 0 Å². The maximum atomic E-state index is 12.2. The first-order valence-corrected chi connectivity index (χ1v) is 8.63. The van der Waals surface area contributed by atoms with E-state index in [0.29, 0.717) is 23.3 Å². The van der Waals surface area contributed by atoms with E-state index in [9.17, 15) is 8.42 Å². The van der Waals surface area contributed by atoms with Gasteiger partial charge in [-0.25, -0.2) is 13.1 Å². The Morgan fingerprint density at radius 3 is 2.15 bits per heavy atom. The second-order valence-electron chi connectivity index (χ2n) is 5.41. The normalized spacial score (nSPS) is 13.7. The van der Waals surface area contributed by atoms with E-state index in [2.05, 4.69) is 30.8 Å². The van der Waals surface area contributed by atoms with Gasteiger partial charge in [0.25, 0.3) is 0 Å². The SMILES string of the molecule is CCC(CNC)CNS(=O)(=O)c1ccc(C(C)C)cc1. The molecule has 1 unspecified atom stereocenters. The molecule has 0 saturated heterocycles. The summed E-state index contributed by atoms with van der Waals surface area (Å²) in [7, 11) is -1.53. The van der Waals surface area contributed by atoms with Crippen molar-refractivity contribution in [1.82, 2.24) is 10.0 Å². The molecular weight excluding hydrogens is 272 g/mol. The van der Waals surface area contributed by atoms with Crippen molar-refractivity contribution in [3.63, 3.8) is 0 Å². The van der Waals surface area contributed by atoms with Gasteiger partial charge >= 0.3 is 0 Å². The van der Waals surface area contributed by atoms with Crippen molar-refractivity contribution in [3.8, 4) is 0 Å². The molecule has 4 nitrogen and oxygen atoms in total. The number of nitrogens with one attached hydrogen (secondary N) is 2. The monoisotopic (exact) mass is 298 g/mol. The molecule has 0 radical (unpaired) electrons. The zero-order valence-corrected chi connectivity index (χ0v) is 13.6. The summed E-state index contributed by atoms with van der Waals surface area (Å²) in [5, 5.41) is 3.08. The van der Waals surface area contributed by atoms with Crippen LogP contribution in [-0.4, -0.2) is 28.6 Å². The smallest absolute Gasteiger partial charge is 0.240 e. The molecule has 1 aromatic carbocycles. The molecule has 0 heterocycles. The fraction of sp³-hybridized carbons (Fsp3) is 0.600. The topological polar surface area (TPSA) is 58.2 Å². The van der Waals surface area contributed by atoms with Crippen molar-refractivity contribution in [1.29, 1.82) is 0 Å². The van der Waals surface area contributed by atoms with Crippen LogP contribution in [0.4, 0.5) is 0 Å². The van der Waals surface area contributed by atoms with Crippen LogP contribution in [-0.2, 0) is 10.0 Å². The highest BCUT2D eigenvalue weighted by molar-refractivity contribution is 7.89. The molecule has 0 aliphatic rings. The van der Waals surface area contributed by atoms with Gasteiger partial charge in [-0.05, 0) is 43.1 Å². The van der Waals surface area contributed by atoms with Gasteiger partial charge in [-0.15, -0.1) is 0 Å². The second-order valence-corrected chi connectivity index (χ2v) is 7.17. The van der Waals surface area contributed by atoms with Gasteiger partial charge in [-0.3, -0.25) is 0 Å².